The predicted molar refractivity (Wildman–Crippen MR) is 89.9 cm³/mol. The van der Waals surface area contributed by atoms with Crippen LogP contribution in [0.3, 0.4) is 0 Å². The van der Waals surface area contributed by atoms with Crippen LogP contribution in [0.1, 0.15) is 11.1 Å². The maximum atomic E-state index is 4.63. The summed E-state index contributed by atoms with van der Waals surface area (Å²) >= 11 is 0. The predicted octanol–water partition coefficient (Wildman–Crippen LogP) is 2.10. The van der Waals surface area contributed by atoms with E-state index in [1.165, 1.54) is 22.4 Å². The molecule has 0 amide bonds. The number of benzene rings is 1. The third-order valence-electron chi connectivity index (χ3n) is 4.78. The first-order valence-corrected chi connectivity index (χ1v) is 8.03. The molecule has 0 aliphatic carbocycles. The summed E-state index contributed by atoms with van der Waals surface area (Å²) in [6, 6.07) is 10.9. The lowest BCUT2D eigenvalue weighted by Crippen LogP contribution is -2.44. The molecule has 1 N–H and O–H groups in total. The summed E-state index contributed by atoms with van der Waals surface area (Å²) in [5.41, 5.74) is 6.48. The molecular formula is C18H22N4. The average molecular weight is 294 g/mol. The van der Waals surface area contributed by atoms with Crippen molar-refractivity contribution in [1.29, 1.82) is 0 Å². The van der Waals surface area contributed by atoms with Crippen molar-refractivity contribution in [2.75, 3.05) is 38.1 Å². The lowest BCUT2D eigenvalue weighted by molar-refractivity contribution is 0.313. The second kappa shape index (κ2) is 5.71. The topological polar surface area (TPSA) is 31.4 Å². The van der Waals surface area contributed by atoms with Gasteiger partial charge in [-0.1, -0.05) is 18.2 Å². The molecule has 1 aromatic carbocycles. The Hall–Kier alpha value is -1.91. The Balaban J connectivity index is 1.67. The number of fused-ring (bicyclic) bond motifs is 1. The Morgan fingerprint density at radius 1 is 1.05 bits per heavy atom. The van der Waals surface area contributed by atoms with Crippen LogP contribution in [-0.2, 0) is 13.1 Å². The van der Waals surface area contributed by atoms with Gasteiger partial charge in [0.1, 0.15) is 0 Å². The Labute approximate surface area is 131 Å². The largest absolute Gasteiger partial charge is 0.369 e. The highest BCUT2D eigenvalue weighted by atomic mass is 15.2. The van der Waals surface area contributed by atoms with Gasteiger partial charge in [0.25, 0.3) is 0 Å². The highest BCUT2D eigenvalue weighted by Gasteiger charge is 2.18. The van der Waals surface area contributed by atoms with E-state index in [0.717, 1.165) is 45.0 Å². The number of hydrogen-bond acceptors (Lipinski definition) is 4. The van der Waals surface area contributed by atoms with E-state index in [1.54, 1.807) is 0 Å². The molecule has 1 saturated heterocycles. The second-order valence-electron chi connectivity index (χ2n) is 6.24. The standard InChI is InChI=1S/C18H22N4/c1-21-7-9-22(10-8-21)15-5-6-20-18(11-15)16-4-2-3-14-12-19-13-17(14)16/h2-6,11,19H,7-10,12-13H2,1H3. The fourth-order valence-corrected chi connectivity index (χ4v) is 3.40. The number of likely N-dealkylation sites (N-methyl/N-ethyl adjacent to an activating group) is 1. The van der Waals surface area contributed by atoms with E-state index in [9.17, 15) is 0 Å². The SMILES string of the molecule is CN1CCN(c2ccnc(-c3cccc4c3CNC4)c2)CC1. The van der Waals surface area contributed by atoms with Gasteiger partial charge in [0.2, 0.25) is 0 Å². The third kappa shape index (κ3) is 2.49. The van der Waals surface area contributed by atoms with Crippen LogP contribution in [0.5, 0.6) is 0 Å². The molecule has 2 aliphatic rings. The van der Waals surface area contributed by atoms with Gasteiger partial charge in [-0.25, -0.2) is 0 Å². The van der Waals surface area contributed by atoms with E-state index in [4.69, 9.17) is 0 Å². The summed E-state index contributed by atoms with van der Waals surface area (Å²) in [5, 5.41) is 3.44. The zero-order valence-electron chi connectivity index (χ0n) is 13.0. The lowest BCUT2D eigenvalue weighted by Gasteiger charge is -2.34. The van der Waals surface area contributed by atoms with Crippen molar-refractivity contribution in [3.63, 3.8) is 0 Å². The van der Waals surface area contributed by atoms with E-state index in [0.29, 0.717) is 0 Å². The van der Waals surface area contributed by atoms with Gasteiger partial charge < -0.3 is 15.1 Å². The molecular weight excluding hydrogens is 272 g/mol. The molecule has 4 nitrogen and oxygen atoms in total. The van der Waals surface area contributed by atoms with Crippen LogP contribution in [0.2, 0.25) is 0 Å². The molecule has 114 valence electrons. The minimum atomic E-state index is 0.950. The minimum absolute atomic E-state index is 0.950. The van der Waals surface area contributed by atoms with Gasteiger partial charge in [-0.05, 0) is 30.3 Å². The molecule has 0 unspecified atom stereocenters. The molecule has 22 heavy (non-hydrogen) atoms. The van der Waals surface area contributed by atoms with Crippen molar-refractivity contribution in [2.45, 2.75) is 13.1 Å². The smallest absolute Gasteiger partial charge is 0.0725 e. The van der Waals surface area contributed by atoms with Crippen LogP contribution < -0.4 is 10.2 Å². The van der Waals surface area contributed by atoms with E-state index < -0.39 is 0 Å². The van der Waals surface area contributed by atoms with Crippen molar-refractivity contribution in [3.8, 4) is 11.3 Å². The number of hydrogen-bond donors (Lipinski definition) is 1. The van der Waals surface area contributed by atoms with Gasteiger partial charge in [0.15, 0.2) is 0 Å². The third-order valence-corrected chi connectivity index (χ3v) is 4.78. The summed E-state index contributed by atoms with van der Waals surface area (Å²) in [5.74, 6) is 0. The first-order chi connectivity index (χ1) is 10.8. The van der Waals surface area contributed by atoms with Crippen molar-refractivity contribution >= 4 is 5.69 Å². The first kappa shape index (κ1) is 13.7. The van der Waals surface area contributed by atoms with Crippen LogP contribution >= 0.6 is 0 Å². The lowest BCUT2D eigenvalue weighted by atomic mass is 10.0. The molecule has 4 rings (SSSR count). The molecule has 0 radical (unpaired) electrons. The molecule has 2 aromatic rings. The highest BCUT2D eigenvalue weighted by Crippen LogP contribution is 2.30. The minimum Gasteiger partial charge on any atom is -0.369 e. The first-order valence-electron chi connectivity index (χ1n) is 8.03. The zero-order chi connectivity index (χ0) is 14.9. The molecule has 0 bridgehead atoms. The Morgan fingerprint density at radius 3 is 2.77 bits per heavy atom. The molecule has 0 spiro atoms. The van der Waals surface area contributed by atoms with Crippen LogP contribution in [0.4, 0.5) is 5.69 Å². The quantitative estimate of drug-likeness (QED) is 0.919. The van der Waals surface area contributed by atoms with Crippen LogP contribution in [0, 0.1) is 0 Å². The number of anilines is 1. The highest BCUT2D eigenvalue weighted by molar-refractivity contribution is 5.69. The Morgan fingerprint density at radius 2 is 1.91 bits per heavy atom. The monoisotopic (exact) mass is 294 g/mol. The normalized spacial score (nSPS) is 18.5. The Kier molecular flexibility index (Phi) is 3.56. The van der Waals surface area contributed by atoms with Crippen molar-refractivity contribution in [2.24, 2.45) is 0 Å². The van der Waals surface area contributed by atoms with Gasteiger partial charge in [-0.15, -0.1) is 0 Å². The number of piperazine rings is 1. The van der Waals surface area contributed by atoms with Gasteiger partial charge in [-0.3, -0.25) is 4.98 Å². The molecule has 1 fully saturated rings. The maximum absolute atomic E-state index is 4.63. The molecule has 1 aromatic heterocycles. The second-order valence-corrected chi connectivity index (χ2v) is 6.24. The van der Waals surface area contributed by atoms with Gasteiger partial charge in [0.05, 0.1) is 5.69 Å². The number of aromatic nitrogens is 1. The van der Waals surface area contributed by atoms with Crippen LogP contribution in [-0.4, -0.2) is 43.1 Å². The molecule has 4 heteroatoms. The number of nitrogens with zero attached hydrogens (tertiary/aromatic N) is 3. The Bertz CT molecular complexity index is 675. The number of rotatable bonds is 2. The zero-order valence-corrected chi connectivity index (χ0v) is 13.0. The summed E-state index contributed by atoms with van der Waals surface area (Å²) in [4.78, 5) is 9.48. The van der Waals surface area contributed by atoms with E-state index in [-0.39, 0.29) is 0 Å². The fourth-order valence-electron chi connectivity index (χ4n) is 3.40. The summed E-state index contributed by atoms with van der Waals surface area (Å²) in [7, 11) is 2.19. The summed E-state index contributed by atoms with van der Waals surface area (Å²) < 4.78 is 0. The summed E-state index contributed by atoms with van der Waals surface area (Å²) in [6.45, 7) is 6.36. The van der Waals surface area contributed by atoms with Crippen molar-refractivity contribution in [3.05, 3.63) is 47.7 Å². The van der Waals surface area contributed by atoms with Crippen molar-refractivity contribution < 1.29 is 0 Å². The maximum Gasteiger partial charge on any atom is 0.0725 e. The van der Waals surface area contributed by atoms with Crippen LogP contribution in [0.15, 0.2) is 36.5 Å². The molecule has 2 aliphatic heterocycles. The van der Waals surface area contributed by atoms with E-state index in [1.807, 2.05) is 6.20 Å². The van der Waals surface area contributed by atoms with Gasteiger partial charge in [-0.2, -0.15) is 0 Å². The van der Waals surface area contributed by atoms with Crippen molar-refractivity contribution in [1.82, 2.24) is 15.2 Å². The molecule has 3 heterocycles. The van der Waals surface area contributed by atoms with E-state index in [2.05, 4.69) is 57.5 Å². The van der Waals surface area contributed by atoms with Gasteiger partial charge in [0, 0.05) is 56.7 Å². The summed E-state index contributed by atoms with van der Waals surface area (Å²) in [6.07, 6.45) is 1.95. The average Bonchev–Trinajstić information content (AvgIpc) is 3.04. The van der Waals surface area contributed by atoms with Crippen LogP contribution in [0.25, 0.3) is 11.3 Å². The molecule has 0 saturated carbocycles. The number of pyridine rings is 1. The van der Waals surface area contributed by atoms with E-state index >= 15 is 0 Å². The fraction of sp³-hybridized carbons (Fsp3) is 0.389. The van der Waals surface area contributed by atoms with Gasteiger partial charge >= 0.3 is 0 Å². The number of nitrogens with one attached hydrogen (secondary N) is 1. The molecule has 0 atom stereocenters.